The molecule has 0 fully saturated rings. The molecule has 0 aliphatic heterocycles. The molecule has 0 amide bonds. The summed E-state index contributed by atoms with van der Waals surface area (Å²) in [5, 5.41) is 4.52. The van der Waals surface area contributed by atoms with Crippen LogP contribution in [0.4, 0.5) is 0 Å². The molecule has 0 saturated carbocycles. The summed E-state index contributed by atoms with van der Waals surface area (Å²) in [6, 6.07) is 15.6. The maximum atomic E-state index is 6.29. The highest BCUT2D eigenvalue weighted by Gasteiger charge is 2.17. The molecule has 1 aliphatic rings. The van der Waals surface area contributed by atoms with E-state index < -0.39 is 0 Å². The van der Waals surface area contributed by atoms with E-state index >= 15 is 0 Å². The van der Waals surface area contributed by atoms with E-state index in [9.17, 15) is 0 Å². The standard InChI is InChI=1S/C18H20ClN/c1-13-6-7-16(18(19)10-13)12-20-17-9-8-14-4-2-3-5-15(14)11-17/h2-7,10,17,20H,8-9,11-12H2,1H3. The van der Waals surface area contributed by atoms with E-state index in [0.717, 1.165) is 18.0 Å². The molecule has 0 heterocycles. The van der Waals surface area contributed by atoms with E-state index in [1.807, 2.05) is 6.07 Å². The van der Waals surface area contributed by atoms with Crippen molar-refractivity contribution in [2.75, 3.05) is 0 Å². The molecule has 1 atom stereocenters. The third kappa shape index (κ3) is 3.05. The van der Waals surface area contributed by atoms with Gasteiger partial charge in [-0.05, 0) is 54.5 Å². The summed E-state index contributed by atoms with van der Waals surface area (Å²) in [7, 11) is 0. The van der Waals surface area contributed by atoms with Crippen molar-refractivity contribution in [3.05, 3.63) is 69.7 Å². The normalized spacial score (nSPS) is 17.8. The van der Waals surface area contributed by atoms with Crippen molar-refractivity contribution in [1.82, 2.24) is 5.32 Å². The van der Waals surface area contributed by atoms with Crippen molar-refractivity contribution in [2.24, 2.45) is 0 Å². The maximum Gasteiger partial charge on any atom is 0.0453 e. The topological polar surface area (TPSA) is 12.0 Å². The Bertz CT molecular complexity index is 606. The fourth-order valence-corrected chi connectivity index (χ4v) is 3.22. The molecule has 1 nitrogen and oxygen atoms in total. The number of hydrogen-bond donors (Lipinski definition) is 1. The molecule has 2 aromatic rings. The van der Waals surface area contributed by atoms with Crippen molar-refractivity contribution < 1.29 is 0 Å². The van der Waals surface area contributed by atoms with Crippen LogP contribution in [0.3, 0.4) is 0 Å². The van der Waals surface area contributed by atoms with Crippen molar-refractivity contribution in [2.45, 2.75) is 38.8 Å². The van der Waals surface area contributed by atoms with Crippen LogP contribution in [0.1, 0.15) is 28.7 Å². The lowest BCUT2D eigenvalue weighted by Gasteiger charge is -2.25. The van der Waals surface area contributed by atoms with Crippen LogP contribution in [0.2, 0.25) is 5.02 Å². The summed E-state index contributed by atoms with van der Waals surface area (Å²) in [6.45, 7) is 2.92. The summed E-state index contributed by atoms with van der Waals surface area (Å²) in [5.41, 5.74) is 5.41. The molecular formula is C18H20ClN. The zero-order valence-electron chi connectivity index (χ0n) is 11.8. The van der Waals surface area contributed by atoms with Gasteiger partial charge in [0.2, 0.25) is 0 Å². The minimum absolute atomic E-state index is 0.558. The molecule has 0 radical (unpaired) electrons. The highest BCUT2D eigenvalue weighted by atomic mass is 35.5. The second kappa shape index (κ2) is 5.99. The third-order valence-electron chi connectivity index (χ3n) is 4.14. The lowest BCUT2D eigenvalue weighted by molar-refractivity contribution is 0.457. The van der Waals surface area contributed by atoms with Gasteiger partial charge in [0.25, 0.3) is 0 Å². The van der Waals surface area contributed by atoms with Gasteiger partial charge in [0, 0.05) is 17.6 Å². The van der Waals surface area contributed by atoms with Gasteiger partial charge in [-0.15, -0.1) is 0 Å². The first-order chi connectivity index (χ1) is 9.72. The van der Waals surface area contributed by atoms with Crippen molar-refractivity contribution in [3.63, 3.8) is 0 Å². The number of hydrogen-bond acceptors (Lipinski definition) is 1. The van der Waals surface area contributed by atoms with E-state index in [0.29, 0.717) is 6.04 Å². The fraction of sp³-hybridized carbons (Fsp3) is 0.333. The van der Waals surface area contributed by atoms with Gasteiger partial charge >= 0.3 is 0 Å². The SMILES string of the molecule is Cc1ccc(CNC2CCc3ccccc3C2)c(Cl)c1. The van der Waals surface area contributed by atoms with Crippen LogP contribution >= 0.6 is 11.6 Å². The second-order valence-electron chi connectivity index (χ2n) is 5.68. The number of halogens is 1. The Morgan fingerprint density at radius 1 is 1.15 bits per heavy atom. The number of fused-ring (bicyclic) bond motifs is 1. The molecule has 2 aromatic carbocycles. The van der Waals surface area contributed by atoms with Crippen LogP contribution in [0.5, 0.6) is 0 Å². The lowest BCUT2D eigenvalue weighted by atomic mass is 9.88. The van der Waals surface area contributed by atoms with Crippen LogP contribution in [0, 0.1) is 6.92 Å². The molecule has 0 aromatic heterocycles. The third-order valence-corrected chi connectivity index (χ3v) is 4.49. The summed E-state index contributed by atoms with van der Waals surface area (Å²) in [6.07, 6.45) is 3.51. The Labute approximate surface area is 126 Å². The molecular weight excluding hydrogens is 266 g/mol. The first-order valence-corrected chi connectivity index (χ1v) is 7.65. The van der Waals surface area contributed by atoms with Crippen molar-refractivity contribution >= 4 is 11.6 Å². The summed E-state index contributed by atoms with van der Waals surface area (Å²) >= 11 is 6.29. The number of rotatable bonds is 3. The molecule has 1 N–H and O–H groups in total. The molecule has 3 rings (SSSR count). The van der Waals surface area contributed by atoms with Crippen LogP contribution in [-0.4, -0.2) is 6.04 Å². The highest BCUT2D eigenvalue weighted by Crippen LogP contribution is 2.22. The van der Waals surface area contributed by atoms with Gasteiger partial charge in [-0.1, -0.05) is 48.0 Å². The minimum atomic E-state index is 0.558. The zero-order valence-corrected chi connectivity index (χ0v) is 12.6. The van der Waals surface area contributed by atoms with Gasteiger partial charge in [0.05, 0.1) is 0 Å². The summed E-state index contributed by atoms with van der Waals surface area (Å²) in [5.74, 6) is 0. The Morgan fingerprint density at radius 3 is 2.75 bits per heavy atom. The monoisotopic (exact) mass is 285 g/mol. The average Bonchev–Trinajstić information content (AvgIpc) is 2.46. The molecule has 104 valence electrons. The predicted octanol–water partition coefficient (Wildman–Crippen LogP) is 4.30. The van der Waals surface area contributed by atoms with Gasteiger partial charge in [-0.3, -0.25) is 0 Å². The second-order valence-corrected chi connectivity index (χ2v) is 6.09. The lowest BCUT2D eigenvalue weighted by Crippen LogP contribution is -2.34. The summed E-state index contributed by atoms with van der Waals surface area (Å²) < 4.78 is 0. The first-order valence-electron chi connectivity index (χ1n) is 7.27. The largest absolute Gasteiger partial charge is 0.310 e. The van der Waals surface area contributed by atoms with Crippen LogP contribution < -0.4 is 5.32 Å². The van der Waals surface area contributed by atoms with Crippen LogP contribution in [0.25, 0.3) is 0 Å². The van der Waals surface area contributed by atoms with Gasteiger partial charge in [-0.2, -0.15) is 0 Å². The van der Waals surface area contributed by atoms with Gasteiger partial charge in [0.15, 0.2) is 0 Å². The van der Waals surface area contributed by atoms with E-state index in [1.165, 1.54) is 35.1 Å². The van der Waals surface area contributed by atoms with E-state index in [4.69, 9.17) is 11.6 Å². The van der Waals surface area contributed by atoms with E-state index in [2.05, 4.69) is 48.6 Å². The van der Waals surface area contributed by atoms with Crippen molar-refractivity contribution in [3.8, 4) is 0 Å². The smallest absolute Gasteiger partial charge is 0.0453 e. The van der Waals surface area contributed by atoms with Crippen LogP contribution in [0.15, 0.2) is 42.5 Å². The number of nitrogens with one attached hydrogen (secondary N) is 1. The minimum Gasteiger partial charge on any atom is -0.310 e. The van der Waals surface area contributed by atoms with Gasteiger partial charge < -0.3 is 5.32 Å². The Kier molecular flexibility index (Phi) is 4.09. The maximum absolute atomic E-state index is 6.29. The zero-order chi connectivity index (χ0) is 13.9. The quantitative estimate of drug-likeness (QED) is 0.887. The van der Waals surface area contributed by atoms with E-state index in [1.54, 1.807) is 0 Å². The van der Waals surface area contributed by atoms with E-state index in [-0.39, 0.29) is 0 Å². The van der Waals surface area contributed by atoms with Crippen molar-refractivity contribution in [1.29, 1.82) is 0 Å². The average molecular weight is 286 g/mol. The Morgan fingerprint density at radius 2 is 1.95 bits per heavy atom. The number of benzene rings is 2. The Balaban J connectivity index is 1.63. The molecule has 0 spiro atoms. The highest BCUT2D eigenvalue weighted by molar-refractivity contribution is 6.31. The molecule has 20 heavy (non-hydrogen) atoms. The molecule has 0 saturated heterocycles. The molecule has 1 unspecified atom stereocenters. The predicted molar refractivity (Wildman–Crippen MR) is 85.3 cm³/mol. The molecule has 2 heteroatoms. The number of aryl methyl sites for hydroxylation is 2. The van der Waals surface area contributed by atoms with Crippen LogP contribution in [-0.2, 0) is 19.4 Å². The van der Waals surface area contributed by atoms with Gasteiger partial charge in [0.1, 0.15) is 0 Å². The Hall–Kier alpha value is -1.31. The van der Waals surface area contributed by atoms with Gasteiger partial charge in [-0.25, -0.2) is 0 Å². The molecule has 0 bridgehead atoms. The summed E-state index contributed by atoms with van der Waals surface area (Å²) in [4.78, 5) is 0. The fourth-order valence-electron chi connectivity index (χ4n) is 2.92. The molecule has 1 aliphatic carbocycles. The first kappa shape index (κ1) is 13.7.